The molecule has 0 aliphatic carbocycles. The topological polar surface area (TPSA) is 46.3 Å². The van der Waals surface area contributed by atoms with Crippen molar-refractivity contribution < 1.29 is 9.52 Å². The van der Waals surface area contributed by atoms with E-state index >= 15 is 0 Å². The van der Waals surface area contributed by atoms with Gasteiger partial charge >= 0.3 is 0 Å². The Kier molecular flexibility index (Phi) is 5.77. The molecular formula is C19H19Cl2NO2. The van der Waals surface area contributed by atoms with E-state index in [-0.39, 0.29) is 6.61 Å². The first-order valence-electron chi connectivity index (χ1n) is 8.09. The molecule has 0 spiro atoms. The van der Waals surface area contributed by atoms with Crippen LogP contribution in [0.4, 0.5) is 0 Å². The Hall–Kier alpha value is -1.55. The molecule has 0 fully saturated rings. The van der Waals surface area contributed by atoms with Crippen molar-refractivity contribution in [1.29, 1.82) is 0 Å². The number of aryl methyl sites for hydroxylation is 1. The lowest BCUT2D eigenvalue weighted by atomic mass is 10.1. The van der Waals surface area contributed by atoms with Crippen molar-refractivity contribution in [1.82, 2.24) is 4.98 Å². The van der Waals surface area contributed by atoms with Crippen molar-refractivity contribution in [2.75, 3.05) is 6.61 Å². The zero-order valence-electron chi connectivity index (χ0n) is 13.3. The average molecular weight is 364 g/mol. The SMILES string of the molecule is OCCCCCc1cc(Cl)cc2nc(Cc3ccccc3Cl)oc12. The molecule has 0 amide bonds. The summed E-state index contributed by atoms with van der Waals surface area (Å²) < 4.78 is 5.99. The second-order valence-corrected chi connectivity index (χ2v) is 6.67. The zero-order valence-corrected chi connectivity index (χ0v) is 14.8. The van der Waals surface area contributed by atoms with Crippen molar-refractivity contribution in [3.63, 3.8) is 0 Å². The minimum absolute atomic E-state index is 0.231. The predicted molar refractivity (Wildman–Crippen MR) is 97.9 cm³/mol. The fraction of sp³-hybridized carbons (Fsp3) is 0.316. The third kappa shape index (κ3) is 4.10. The molecule has 1 N–H and O–H groups in total. The number of rotatable bonds is 7. The highest BCUT2D eigenvalue weighted by molar-refractivity contribution is 6.31. The van der Waals surface area contributed by atoms with Crippen LogP contribution in [-0.4, -0.2) is 16.7 Å². The number of halogens is 2. The van der Waals surface area contributed by atoms with Gasteiger partial charge in [0.1, 0.15) is 5.52 Å². The molecule has 0 unspecified atom stereocenters. The molecule has 126 valence electrons. The molecule has 24 heavy (non-hydrogen) atoms. The summed E-state index contributed by atoms with van der Waals surface area (Å²) in [5.41, 5.74) is 3.63. The molecule has 0 saturated heterocycles. The van der Waals surface area contributed by atoms with Gasteiger partial charge < -0.3 is 9.52 Å². The number of benzene rings is 2. The molecule has 0 bridgehead atoms. The summed E-state index contributed by atoms with van der Waals surface area (Å²) in [4.78, 5) is 4.57. The van der Waals surface area contributed by atoms with Crippen LogP contribution in [0.2, 0.25) is 10.0 Å². The van der Waals surface area contributed by atoms with E-state index < -0.39 is 0 Å². The lowest BCUT2D eigenvalue weighted by molar-refractivity contribution is 0.283. The van der Waals surface area contributed by atoms with Crippen LogP contribution in [0.25, 0.3) is 11.1 Å². The smallest absolute Gasteiger partial charge is 0.199 e. The van der Waals surface area contributed by atoms with E-state index in [9.17, 15) is 0 Å². The Balaban J connectivity index is 1.85. The lowest BCUT2D eigenvalue weighted by Crippen LogP contribution is -1.89. The van der Waals surface area contributed by atoms with Gasteiger partial charge in [-0.15, -0.1) is 0 Å². The number of hydrogen-bond donors (Lipinski definition) is 1. The number of unbranched alkanes of at least 4 members (excludes halogenated alkanes) is 2. The molecule has 3 rings (SSSR count). The number of oxazole rings is 1. The second-order valence-electron chi connectivity index (χ2n) is 5.82. The minimum atomic E-state index is 0.231. The predicted octanol–water partition coefficient (Wildman–Crippen LogP) is 5.43. The number of aliphatic hydroxyl groups is 1. The van der Waals surface area contributed by atoms with E-state index in [1.54, 1.807) is 0 Å². The molecule has 3 nitrogen and oxygen atoms in total. The van der Waals surface area contributed by atoms with Gasteiger partial charge in [-0.05, 0) is 48.6 Å². The number of hydrogen-bond acceptors (Lipinski definition) is 3. The van der Waals surface area contributed by atoms with Gasteiger partial charge in [-0.2, -0.15) is 0 Å². The standard InChI is InChI=1S/C19H19Cl2NO2/c20-15-10-14(7-2-1-5-9-23)19-17(12-15)22-18(24-19)11-13-6-3-4-8-16(13)21/h3-4,6,8,10,12,23H,1-2,5,7,9,11H2. The summed E-state index contributed by atoms with van der Waals surface area (Å²) in [7, 11) is 0. The van der Waals surface area contributed by atoms with Crippen LogP contribution in [0, 0.1) is 0 Å². The Morgan fingerprint density at radius 2 is 1.83 bits per heavy atom. The third-order valence-corrected chi connectivity index (χ3v) is 4.57. The molecule has 0 radical (unpaired) electrons. The number of nitrogens with zero attached hydrogens (tertiary/aromatic N) is 1. The van der Waals surface area contributed by atoms with Crippen molar-refractivity contribution in [3.05, 3.63) is 63.5 Å². The van der Waals surface area contributed by atoms with E-state index in [1.807, 2.05) is 36.4 Å². The average Bonchev–Trinajstić information content (AvgIpc) is 2.96. The summed E-state index contributed by atoms with van der Waals surface area (Å²) >= 11 is 12.4. The quantitative estimate of drug-likeness (QED) is 0.569. The van der Waals surface area contributed by atoms with Crippen LogP contribution in [0.1, 0.15) is 36.3 Å². The Labute approximate surface area is 151 Å². The summed E-state index contributed by atoms with van der Waals surface area (Å²) in [6, 6.07) is 11.5. The van der Waals surface area contributed by atoms with E-state index in [0.29, 0.717) is 22.4 Å². The summed E-state index contributed by atoms with van der Waals surface area (Å²) in [6.07, 6.45) is 4.19. The van der Waals surface area contributed by atoms with E-state index in [2.05, 4.69) is 4.98 Å². The molecule has 1 heterocycles. The van der Waals surface area contributed by atoms with E-state index in [1.165, 1.54) is 0 Å². The fourth-order valence-corrected chi connectivity index (χ4v) is 3.22. The summed E-state index contributed by atoms with van der Waals surface area (Å²) in [5, 5.41) is 10.3. The molecular weight excluding hydrogens is 345 g/mol. The highest BCUT2D eigenvalue weighted by atomic mass is 35.5. The van der Waals surface area contributed by atoms with Crippen LogP contribution in [0.3, 0.4) is 0 Å². The zero-order chi connectivity index (χ0) is 16.9. The van der Waals surface area contributed by atoms with E-state index in [4.69, 9.17) is 32.7 Å². The molecule has 0 saturated carbocycles. The Morgan fingerprint density at radius 1 is 1.00 bits per heavy atom. The monoisotopic (exact) mass is 363 g/mol. The maximum atomic E-state index is 8.88. The van der Waals surface area contributed by atoms with Crippen molar-refractivity contribution in [3.8, 4) is 0 Å². The number of aromatic nitrogens is 1. The van der Waals surface area contributed by atoms with Gasteiger partial charge in [0, 0.05) is 16.7 Å². The summed E-state index contributed by atoms with van der Waals surface area (Å²) in [5.74, 6) is 0.636. The second kappa shape index (κ2) is 8.02. The normalized spacial score (nSPS) is 11.3. The van der Waals surface area contributed by atoms with Crippen molar-refractivity contribution in [2.24, 2.45) is 0 Å². The van der Waals surface area contributed by atoms with Gasteiger partial charge in [0.25, 0.3) is 0 Å². The summed E-state index contributed by atoms with van der Waals surface area (Å²) in [6.45, 7) is 0.231. The molecule has 2 aromatic carbocycles. The molecule has 0 aliphatic heterocycles. The molecule has 5 heteroatoms. The maximum absolute atomic E-state index is 8.88. The first-order chi connectivity index (χ1) is 11.7. The Morgan fingerprint density at radius 3 is 2.62 bits per heavy atom. The maximum Gasteiger partial charge on any atom is 0.199 e. The van der Waals surface area contributed by atoms with E-state index in [0.717, 1.165) is 47.9 Å². The fourth-order valence-electron chi connectivity index (χ4n) is 2.78. The van der Waals surface area contributed by atoms with Crippen LogP contribution < -0.4 is 0 Å². The molecule has 0 atom stereocenters. The first kappa shape index (κ1) is 17.3. The van der Waals surface area contributed by atoms with Gasteiger partial charge in [-0.25, -0.2) is 4.98 Å². The highest BCUT2D eigenvalue weighted by Gasteiger charge is 2.13. The number of aliphatic hydroxyl groups excluding tert-OH is 1. The van der Waals surface area contributed by atoms with Gasteiger partial charge in [0.15, 0.2) is 11.5 Å². The molecule has 1 aromatic heterocycles. The lowest BCUT2D eigenvalue weighted by Gasteiger charge is -2.03. The number of fused-ring (bicyclic) bond motifs is 1. The first-order valence-corrected chi connectivity index (χ1v) is 8.85. The van der Waals surface area contributed by atoms with Gasteiger partial charge in [0.05, 0.1) is 6.42 Å². The van der Waals surface area contributed by atoms with Gasteiger partial charge in [-0.1, -0.05) is 47.8 Å². The minimum Gasteiger partial charge on any atom is -0.440 e. The molecule has 0 aliphatic rings. The van der Waals surface area contributed by atoms with Crippen LogP contribution in [0.5, 0.6) is 0 Å². The van der Waals surface area contributed by atoms with Crippen LogP contribution in [-0.2, 0) is 12.8 Å². The molecule has 3 aromatic rings. The van der Waals surface area contributed by atoms with Crippen molar-refractivity contribution in [2.45, 2.75) is 32.1 Å². The van der Waals surface area contributed by atoms with Crippen LogP contribution in [0.15, 0.2) is 40.8 Å². The van der Waals surface area contributed by atoms with Gasteiger partial charge in [-0.3, -0.25) is 0 Å². The highest BCUT2D eigenvalue weighted by Crippen LogP contribution is 2.28. The van der Waals surface area contributed by atoms with Crippen molar-refractivity contribution >= 4 is 34.3 Å². The Bertz CT molecular complexity index is 829. The largest absolute Gasteiger partial charge is 0.440 e. The third-order valence-electron chi connectivity index (χ3n) is 3.98. The van der Waals surface area contributed by atoms with Crippen LogP contribution >= 0.6 is 23.2 Å². The van der Waals surface area contributed by atoms with Gasteiger partial charge in [0.2, 0.25) is 0 Å².